The van der Waals surface area contributed by atoms with E-state index in [1.807, 2.05) is 0 Å². The topological polar surface area (TPSA) is 32.7 Å². The summed E-state index contributed by atoms with van der Waals surface area (Å²) in [6.07, 6.45) is -4.20. The van der Waals surface area contributed by atoms with Crippen LogP contribution in [-0.4, -0.2) is 36.2 Å². The molecule has 0 fully saturated rings. The highest BCUT2D eigenvalue weighted by molar-refractivity contribution is 5.40. The fourth-order valence-corrected chi connectivity index (χ4v) is 3.19. The minimum atomic E-state index is -4.45. The standard InChI is InChI=1S/C22H28F3NO2/c1-4-21(27,18-8-7-9-19(16-18)22(23,24)25)17-10-12-20(13-11-17)28-15-14-26(5-2)6-3/h7-13,16,27H,4-6,14-15H2,1-3H3. The van der Waals surface area contributed by atoms with E-state index in [-0.39, 0.29) is 12.0 Å². The Morgan fingerprint density at radius 3 is 2.04 bits per heavy atom. The van der Waals surface area contributed by atoms with Crippen LogP contribution in [-0.2, 0) is 11.8 Å². The van der Waals surface area contributed by atoms with Crippen molar-refractivity contribution in [1.29, 1.82) is 0 Å². The van der Waals surface area contributed by atoms with Crippen molar-refractivity contribution in [2.45, 2.75) is 39.0 Å². The van der Waals surface area contributed by atoms with Crippen molar-refractivity contribution in [3.63, 3.8) is 0 Å². The summed E-state index contributed by atoms with van der Waals surface area (Å²) in [4.78, 5) is 2.25. The third-order valence-corrected chi connectivity index (χ3v) is 5.08. The van der Waals surface area contributed by atoms with Gasteiger partial charge in [0.25, 0.3) is 0 Å². The zero-order chi connectivity index (χ0) is 20.8. The predicted molar refractivity (Wildman–Crippen MR) is 104 cm³/mol. The first-order valence-electron chi connectivity index (χ1n) is 9.60. The molecule has 154 valence electrons. The summed E-state index contributed by atoms with van der Waals surface area (Å²) >= 11 is 0. The molecule has 2 aromatic carbocycles. The molecule has 0 saturated heterocycles. The number of hydrogen-bond donors (Lipinski definition) is 1. The van der Waals surface area contributed by atoms with Crippen molar-refractivity contribution in [3.8, 4) is 5.75 Å². The van der Waals surface area contributed by atoms with Crippen LogP contribution in [0.1, 0.15) is 43.9 Å². The molecule has 0 aliphatic rings. The highest BCUT2D eigenvalue weighted by Gasteiger charge is 2.34. The summed E-state index contributed by atoms with van der Waals surface area (Å²) < 4.78 is 44.9. The fourth-order valence-electron chi connectivity index (χ4n) is 3.19. The Bertz CT molecular complexity index is 742. The van der Waals surface area contributed by atoms with Crippen LogP contribution in [0, 0.1) is 0 Å². The number of nitrogens with zero attached hydrogens (tertiary/aromatic N) is 1. The lowest BCUT2D eigenvalue weighted by Gasteiger charge is -2.29. The molecule has 1 N–H and O–H groups in total. The van der Waals surface area contributed by atoms with E-state index in [4.69, 9.17) is 4.74 Å². The van der Waals surface area contributed by atoms with E-state index in [9.17, 15) is 18.3 Å². The van der Waals surface area contributed by atoms with Crippen molar-refractivity contribution in [1.82, 2.24) is 4.90 Å². The molecule has 0 radical (unpaired) electrons. The summed E-state index contributed by atoms with van der Waals surface area (Å²) in [7, 11) is 0. The molecule has 0 amide bonds. The molecule has 0 spiro atoms. The van der Waals surface area contributed by atoms with Crippen LogP contribution < -0.4 is 4.74 Å². The predicted octanol–water partition coefficient (Wildman–Crippen LogP) is 5.07. The largest absolute Gasteiger partial charge is 0.492 e. The first-order valence-corrected chi connectivity index (χ1v) is 9.60. The van der Waals surface area contributed by atoms with E-state index in [2.05, 4.69) is 18.7 Å². The van der Waals surface area contributed by atoms with E-state index in [0.717, 1.165) is 31.8 Å². The van der Waals surface area contributed by atoms with E-state index >= 15 is 0 Å². The Morgan fingerprint density at radius 1 is 0.893 bits per heavy atom. The molecule has 0 saturated carbocycles. The first kappa shape index (κ1) is 22.2. The summed E-state index contributed by atoms with van der Waals surface area (Å²) in [5.41, 5.74) is -1.51. The molecule has 2 rings (SSSR count). The number of halogens is 3. The van der Waals surface area contributed by atoms with Crippen molar-refractivity contribution in [3.05, 3.63) is 65.2 Å². The quantitative estimate of drug-likeness (QED) is 0.643. The van der Waals surface area contributed by atoms with Gasteiger partial charge in [0, 0.05) is 6.54 Å². The van der Waals surface area contributed by atoms with Crippen LogP contribution in [0.3, 0.4) is 0 Å². The third-order valence-electron chi connectivity index (χ3n) is 5.08. The van der Waals surface area contributed by atoms with Crippen molar-refractivity contribution in [2.24, 2.45) is 0 Å². The molecule has 28 heavy (non-hydrogen) atoms. The molecule has 0 aliphatic heterocycles. The maximum Gasteiger partial charge on any atom is 0.416 e. The van der Waals surface area contributed by atoms with Crippen LogP contribution in [0.2, 0.25) is 0 Å². The number of benzene rings is 2. The van der Waals surface area contributed by atoms with Crippen LogP contribution >= 0.6 is 0 Å². The molecule has 1 atom stereocenters. The Hall–Kier alpha value is -2.05. The van der Waals surface area contributed by atoms with Gasteiger partial charge in [0.05, 0.1) is 5.56 Å². The second-order valence-electron chi connectivity index (χ2n) is 6.69. The molecular weight excluding hydrogens is 367 g/mol. The number of aliphatic hydroxyl groups is 1. The van der Waals surface area contributed by atoms with Crippen molar-refractivity contribution in [2.75, 3.05) is 26.2 Å². The lowest BCUT2D eigenvalue weighted by molar-refractivity contribution is -0.137. The average Bonchev–Trinajstić information content (AvgIpc) is 2.70. The van der Waals surface area contributed by atoms with Gasteiger partial charge < -0.3 is 14.7 Å². The normalized spacial score (nSPS) is 14.1. The minimum absolute atomic E-state index is 0.222. The van der Waals surface area contributed by atoms with Crippen LogP contribution in [0.4, 0.5) is 13.2 Å². The highest BCUT2D eigenvalue weighted by atomic mass is 19.4. The zero-order valence-corrected chi connectivity index (χ0v) is 16.6. The van der Waals surface area contributed by atoms with Gasteiger partial charge in [-0.3, -0.25) is 0 Å². The number of hydrogen-bond acceptors (Lipinski definition) is 3. The summed E-state index contributed by atoms with van der Waals surface area (Å²) in [5.74, 6) is 0.665. The summed E-state index contributed by atoms with van der Waals surface area (Å²) in [6.45, 7) is 9.22. The molecule has 0 aliphatic carbocycles. The second-order valence-corrected chi connectivity index (χ2v) is 6.69. The monoisotopic (exact) mass is 395 g/mol. The number of rotatable bonds is 9. The van der Waals surface area contributed by atoms with Gasteiger partial charge in [0.15, 0.2) is 0 Å². The van der Waals surface area contributed by atoms with Crippen molar-refractivity contribution >= 4 is 0 Å². The Morgan fingerprint density at radius 2 is 1.50 bits per heavy atom. The van der Waals surface area contributed by atoms with E-state index in [1.54, 1.807) is 31.2 Å². The van der Waals surface area contributed by atoms with Crippen LogP contribution in [0.15, 0.2) is 48.5 Å². The first-order chi connectivity index (χ1) is 13.2. The van der Waals surface area contributed by atoms with Gasteiger partial charge >= 0.3 is 6.18 Å². The van der Waals surface area contributed by atoms with Crippen LogP contribution in [0.25, 0.3) is 0 Å². The van der Waals surface area contributed by atoms with E-state index in [0.29, 0.717) is 17.9 Å². The highest BCUT2D eigenvalue weighted by Crippen LogP contribution is 2.37. The number of ether oxygens (including phenoxy) is 1. The van der Waals surface area contributed by atoms with Gasteiger partial charge in [-0.1, -0.05) is 45.0 Å². The van der Waals surface area contributed by atoms with Gasteiger partial charge in [0.2, 0.25) is 0 Å². The summed E-state index contributed by atoms with van der Waals surface area (Å²) in [6, 6.07) is 11.8. The Labute approximate surface area is 164 Å². The SMILES string of the molecule is CCN(CC)CCOc1ccc(C(O)(CC)c2cccc(C(F)(F)F)c2)cc1. The molecular formula is C22H28F3NO2. The number of likely N-dealkylation sites (N-methyl/N-ethyl adjacent to an activating group) is 1. The molecule has 3 nitrogen and oxygen atoms in total. The number of alkyl halides is 3. The van der Waals surface area contributed by atoms with Gasteiger partial charge in [-0.2, -0.15) is 13.2 Å². The molecule has 2 aromatic rings. The lowest BCUT2D eigenvalue weighted by Crippen LogP contribution is -2.28. The Balaban J connectivity index is 2.18. The maximum atomic E-state index is 13.0. The van der Waals surface area contributed by atoms with Gasteiger partial charge in [-0.15, -0.1) is 0 Å². The van der Waals surface area contributed by atoms with E-state index in [1.165, 1.54) is 12.1 Å². The minimum Gasteiger partial charge on any atom is -0.492 e. The summed E-state index contributed by atoms with van der Waals surface area (Å²) in [5, 5.41) is 11.1. The molecule has 6 heteroatoms. The molecule has 0 bridgehead atoms. The molecule has 0 heterocycles. The zero-order valence-electron chi connectivity index (χ0n) is 16.6. The second kappa shape index (κ2) is 9.43. The lowest BCUT2D eigenvalue weighted by atomic mass is 9.83. The fraction of sp³-hybridized carbons (Fsp3) is 0.455. The van der Waals surface area contributed by atoms with Gasteiger partial charge in [-0.05, 0) is 54.9 Å². The Kier molecular flexibility index (Phi) is 7.49. The van der Waals surface area contributed by atoms with Crippen LogP contribution in [0.5, 0.6) is 5.75 Å². The average molecular weight is 395 g/mol. The third kappa shape index (κ3) is 5.26. The van der Waals surface area contributed by atoms with Gasteiger partial charge in [-0.25, -0.2) is 0 Å². The maximum absolute atomic E-state index is 13.0. The molecule has 1 unspecified atom stereocenters. The van der Waals surface area contributed by atoms with Gasteiger partial charge in [0.1, 0.15) is 18.0 Å². The van der Waals surface area contributed by atoms with E-state index < -0.39 is 17.3 Å². The smallest absolute Gasteiger partial charge is 0.416 e. The molecule has 0 aromatic heterocycles. The van der Waals surface area contributed by atoms with Crippen molar-refractivity contribution < 1.29 is 23.0 Å².